The summed E-state index contributed by atoms with van der Waals surface area (Å²) >= 11 is 0. The van der Waals surface area contributed by atoms with E-state index in [0.717, 1.165) is 44.9 Å². The molecule has 1 saturated heterocycles. The fourth-order valence-electron chi connectivity index (χ4n) is 11.9. The number of esters is 1. The third-order valence-corrected chi connectivity index (χ3v) is 14.6. The molecule has 5 rings (SSSR count). The molecular weight excluding hydrogens is 612 g/mol. The van der Waals surface area contributed by atoms with Crippen LogP contribution in [0, 0.1) is 39.4 Å². The maximum Gasteiger partial charge on any atom is 0.302 e. The highest BCUT2D eigenvalue weighted by molar-refractivity contribution is 5.73. The van der Waals surface area contributed by atoms with Gasteiger partial charge in [-0.15, -0.1) is 0 Å². The van der Waals surface area contributed by atoms with Crippen molar-refractivity contribution >= 4 is 11.9 Å². The third-order valence-electron chi connectivity index (χ3n) is 14.6. The Balaban J connectivity index is 1.28. The first-order valence-corrected chi connectivity index (χ1v) is 18.6. The average molecular weight is 677 g/mol. The normalized spacial score (nSPS) is 42.9. The number of allylic oxidation sites excluding steroid dienone is 2. The molecule has 1 amide bonds. The van der Waals surface area contributed by atoms with Gasteiger partial charge in [-0.1, -0.05) is 52.7 Å². The minimum atomic E-state index is -1.33. The van der Waals surface area contributed by atoms with Crippen LogP contribution in [0.15, 0.2) is 11.1 Å². The second-order valence-electron chi connectivity index (χ2n) is 17.2. The fraction of sp³-hybridized carbons (Fsp3) is 0.895. The molecule has 12 atom stereocenters. The standard InChI is InChI=1S/C38H64N2O8/c1-22(11-10-20-40(46-9)34-31(39-23(2)42)33(45)32(44)28(21-41)48-34)25-14-18-38(8)27-12-13-29-35(4,5)30(47-24(3)43)16-17-36(29,6)26(27)15-19-37(25,38)7/h22,25,28-34,41,44-45H,10-21H2,1-9H3,(H,39,42)/t22-,25-,28-,29+,30+,31+,32-,33-,34?,36-,37-,38+/m1/s1. The first kappa shape index (κ1) is 37.7. The molecule has 1 unspecified atom stereocenters. The van der Waals surface area contributed by atoms with Crippen LogP contribution in [0.25, 0.3) is 0 Å². The van der Waals surface area contributed by atoms with E-state index < -0.39 is 37.2 Å². The summed E-state index contributed by atoms with van der Waals surface area (Å²) in [6.45, 7) is 17.7. The summed E-state index contributed by atoms with van der Waals surface area (Å²) in [5.41, 5.74) is 3.98. The van der Waals surface area contributed by atoms with E-state index in [0.29, 0.717) is 24.3 Å². The zero-order valence-electron chi connectivity index (χ0n) is 31.0. The van der Waals surface area contributed by atoms with E-state index in [2.05, 4.69) is 46.9 Å². The van der Waals surface area contributed by atoms with E-state index in [1.807, 2.05) is 0 Å². The Morgan fingerprint density at radius 2 is 1.71 bits per heavy atom. The minimum absolute atomic E-state index is 0.0147. The smallest absolute Gasteiger partial charge is 0.302 e. The van der Waals surface area contributed by atoms with Crippen LogP contribution >= 0.6 is 0 Å². The number of hydrogen-bond donors (Lipinski definition) is 4. The van der Waals surface area contributed by atoms with Gasteiger partial charge in [0.1, 0.15) is 24.4 Å². The van der Waals surface area contributed by atoms with E-state index in [4.69, 9.17) is 14.3 Å². The lowest BCUT2D eigenvalue weighted by atomic mass is 9.43. The van der Waals surface area contributed by atoms with Crippen molar-refractivity contribution in [1.82, 2.24) is 10.4 Å². The van der Waals surface area contributed by atoms with E-state index in [1.165, 1.54) is 26.2 Å². The minimum Gasteiger partial charge on any atom is -0.462 e. The molecular formula is C38H64N2O8. The molecule has 3 fully saturated rings. The zero-order chi connectivity index (χ0) is 35.4. The molecule has 1 aliphatic heterocycles. The topological polar surface area (TPSA) is 138 Å². The van der Waals surface area contributed by atoms with Crippen molar-refractivity contribution in [3.05, 3.63) is 11.1 Å². The number of fused-ring (bicyclic) bond motifs is 4. The molecule has 10 nitrogen and oxygen atoms in total. The average Bonchev–Trinajstić information content (AvgIpc) is 3.30. The van der Waals surface area contributed by atoms with E-state index in [1.54, 1.807) is 30.2 Å². The predicted octanol–water partition coefficient (Wildman–Crippen LogP) is 4.89. The van der Waals surface area contributed by atoms with Crippen LogP contribution in [0.3, 0.4) is 0 Å². The molecule has 10 heteroatoms. The van der Waals surface area contributed by atoms with Crippen LogP contribution < -0.4 is 5.32 Å². The number of ether oxygens (including phenoxy) is 2. The van der Waals surface area contributed by atoms with Gasteiger partial charge in [0, 0.05) is 25.8 Å². The number of carbonyl (C=O) groups excluding carboxylic acids is 2. The first-order valence-electron chi connectivity index (χ1n) is 18.6. The van der Waals surface area contributed by atoms with Gasteiger partial charge in [0.05, 0.1) is 19.8 Å². The molecule has 4 N–H and O–H groups in total. The van der Waals surface area contributed by atoms with Gasteiger partial charge in [-0.25, -0.2) is 0 Å². The van der Waals surface area contributed by atoms with Crippen LogP contribution in [0.4, 0.5) is 0 Å². The summed E-state index contributed by atoms with van der Waals surface area (Å²) in [7, 11) is 1.54. The number of hydrogen-bond acceptors (Lipinski definition) is 9. The molecule has 4 aliphatic carbocycles. The summed E-state index contributed by atoms with van der Waals surface area (Å²) in [5, 5.41) is 35.3. The van der Waals surface area contributed by atoms with Gasteiger partial charge in [-0.05, 0) is 98.2 Å². The van der Waals surface area contributed by atoms with E-state index in [9.17, 15) is 24.9 Å². The van der Waals surface area contributed by atoms with Crippen molar-refractivity contribution < 1.29 is 39.2 Å². The van der Waals surface area contributed by atoms with Gasteiger partial charge in [-0.2, -0.15) is 5.06 Å². The monoisotopic (exact) mass is 676 g/mol. The van der Waals surface area contributed by atoms with Gasteiger partial charge in [0.25, 0.3) is 0 Å². The summed E-state index contributed by atoms with van der Waals surface area (Å²) in [5.74, 6) is 1.09. The van der Waals surface area contributed by atoms with Crippen LogP contribution in [0.2, 0.25) is 0 Å². The summed E-state index contributed by atoms with van der Waals surface area (Å²) < 4.78 is 11.9. The Morgan fingerprint density at radius 1 is 1.00 bits per heavy atom. The maximum atomic E-state index is 12.0. The molecule has 48 heavy (non-hydrogen) atoms. The second-order valence-corrected chi connectivity index (χ2v) is 17.2. The number of hydroxylamine groups is 2. The highest BCUT2D eigenvalue weighted by Gasteiger charge is 2.63. The number of aliphatic hydroxyl groups excluding tert-OH is 3. The predicted molar refractivity (Wildman–Crippen MR) is 182 cm³/mol. The molecule has 0 aromatic rings. The van der Waals surface area contributed by atoms with Gasteiger partial charge in [-0.3, -0.25) is 14.4 Å². The molecule has 274 valence electrons. The number of nitrogens with one attached hydrogen (secondary N) is 1. The lowest BCUT2D eigenvalue weighted by Crippen LogP contribution is -2.67. The molecule has 1 heterocycles. The van der Waals surface area contributed by atoms with Crippen LogP contribution in [0.1, 0.15) is 120 Å². The van der Waals surface area contributed by atoms with Gasteiger partial charge < -0.3 is 30.1 Å². The molecule has 0 aromatic heterocycles. The highest BCUT2D eigenvalue weighted by atomic mass is 16.7. The lowest BCUT2D eigenvalue weighted by molar-refractivity contribution is -0.304. The summed E-state index contributed by atoms with van der Waals surface area (Å²) in [6, 6.07) is -0.906. The van der Waals surface area contributed by atoms with Crippen LogP contribution in [-0.2, 0) is 23.9 Å². The number of rotatable bonds is 10. The largest absolute Gasteiger partial charge is 0.462 e. The van der Waals surface area contributed by atoms with Gasteiger partial charge in [0.2, 0.25) is 5.91 Å². The molecule has 0 spiro atoms. The summed E-state index contributed by atoms with van der Waals surface area (Å²) in [6.07, 6.45) is 6.46. The van der Waals surface area contributed by atoms with Gasteiger partial charge >= 0.3 is 5.97 Å². The Hall–Kier alpha value is -1.56. The van der Waals surface area contributed by atoms with Crippen LogP contribution in [-0.4, -0.2) is 89.2 Å². The van der Waals surface area contributed by atoms with Crippen molar-refractivity contribution in [2.24, 2.45) is 39.4 Å². The van der Waals surface area contributed by atoms with Crippen molar-refractivity contribution in [1.29, 1.82) is 0 Å². The first-order chi connectivity index (χ1) is 22.5. The number of carbonyl (C=O) groups is 2. The van der Waals surface area contributed by atoms with E-state index >= 15 is 0 Å². The Bertz CT molecular complexity index is 1240. The number of nitrogens with zero attached hydrogens (tertiary/aromatic N) is 1. The Morgan fingerprint density at radius 3 is 2.33 bits per heavy atom. The quantitative estimate of drug-likeness (QED) is 0.145. The zero-order valence-corrected chi connectivity index (χ0v) is 31.0. The molecule has 0 aromatic carbocycles. The SMILES string of the molecule is CON(CCC[C@@H](C)[C@H]1CC[C@@]2(C)C3=C(CC[C@]12C)[C@@]1(C)CC[C@H](OC(C)=O)C(C)(C)[C@@H]1CC3)C1O[C@H](CO)[C@@H](O)[C@H](O)[C@@H]1NC(C)=O. The van der Waals surface area contributed by atoms with Gasteiger partial charge in [0.15, 0.2) is 6.23 Å². The van der Waals surface area contributed by atoms with Crippen molar-refractivity contribution in [2.75, 3.05) is 20.3 Å². The van der Waals surface area contributed by atoms with Crippen molar-refractivity contribution in [3.63, 3.8) is 0 Å². The fourth-order valence-corrected chi connectivity index (χ4v) is 11.9. The third kappa shape index (κ3) is 6.19. The van der Waals surface area contributed by atoms with Crippen LogP contribution in [0.5, 0.6) is 0 Å². The lowest BCUT2D eigenvalue weighted by Gasteiger charge is -2.62. The Labute approximate surface area is 288 Å². The van der Waals surface area contributed by atoms with Crippen molar-refractivity contribution in [3.8, 4) is 0 Å². The molecule has 0 bridgehead atoms. The summed E-state index contributed by atoms with van der Waals surface area (Å²) in [4.78, 5) is 29.6. The van der Waals surface area contributed by atoms with Crippen molar-refractivity contribution in [2.45, 2.75) is 156 Å². The molecule has 0 radical (unpaired) electrons. The van der Waals surface area contributed by atoms with E-state index in [-0.39, 0.29) is 39.6 Å². The second kappa shape index (κ2) is 13.9. The highest BCUT2D eigenvalue weighted by Crippen LogP contribution is 2.72. The number of amides is 1. The molecule has 5 aliphatic rings. The Kier molecular flexibility index (Phi) is 10.9. The number of aliphatic hydroxyl groups is 3. The maximum absolute atomic E-state index is 12.0. The molecule has 2 saturated carbocycles.